The number of rotatable bonds is 2. The van der Waals surface area contributed by atoms with Crippen LogP contribution in [-0.4, -0.2) is 33.7 Å². The van der Waals surface area contributed by atoms with Gasteiger partial charge in [-0.3, -0.25) is 5.32 Å². The van der Waals surface area contributed by atoms with Crippen molar-refractivity contribution in [3.63, 3.8) is 0 Å². The number of carbonyl (C=O) groups excluding carboxylic acids is 1. The molecule has 0 bridgehead atoms. The molecule has 0 aromatic carbocycles. The van der Waals surface area contributed by atoms with Crippen molar-refractivity contribution in [3.05, 3.63) is 16.8 Å². The Kier molecular flexibility index (Phi) is 3.83. The molecule has 2 aromatic heterocycles. The zero-order chi connectivity index (χ0) is 14.9. The normalized spacial score (nSPS) is 24.3. The molecule has 3 heterocycles. The summed E-state index contributed by atoms with van der Waals surface area (Å²) in [6.07, 6.45) is 6.29. The Bertz CT molecular complexity index is 654. The zero-order valence-corrected chi connectivity index (χ0v) is 13.8. The molecule has 2 unspecified atom stereocenters. The highest BCUT2D eigenvalue weighted by Crippen LogP contribution is 2.36. The highest BCUT2D eigenvalue weighted by molar-refractivity contribution is 7.19. The largest absolute Gasteiger partial charge is 0.323 e. The summed E-state index contributed by atoms with van der Waals surface area (Å²) < 4.78 is 0. The molecule has 7 heteroatoms. The molecule has 2 fully saturated rings. The fourth-order valence-electron chi connectivity index (χ4n) is 3.41. The van der Waals surface area contributed by atoms with E-state index in [1.165, 1.54) is 37.0 Å². The Balaban J connectivity index is 1.40. The summed E-state index contributed by atoms with van der Waals surface area (Å²) in [5.41, 5.74) is 1.07. The van der Waals surface area contributed by atoms with Crippen LogP contribution in [0.15, 0.2) is 16.8 Å². The van der Waals surface area contributed by atoms with Crippen molar-refractivity contribution >= 4 is 33.8 Å². The van der Waals surface area contributed by atoms with Crippen LogP contribution < -0.4 is 5.32 Å². The van der Waals surface area contributed by atoms with Gasteiger partial charge in [-0.05, 0) is 30.2 Å². The summed E-state index contributed by atoms with van der Waals surface area (Å²) in [5, 5.41) is 16.7. The first-order valence-corrected chi connectivity index (χ1v) is 9.51. The fraction of sp³-hybridized carbons (Fsp3) is 0.533. The summed E-state index contributed by atoms with van der Waals surface area (Å²) in [6.45, 7) is 0.896. The molecule has 1 N–H and O–H groups in total. The predicted molar refractivity (Wildman–Crippen MR) is 89.3 cm³/mol. The number of hydrogen-bond donors (Lipinski definition) is 1. The lowest BCUT2D eigenvalue weighted by Gasteiger charge is -2.47. The molecule has 2 atom stereocenters. The lowest BCUT2D eigenvalue weighted by Crippen LogP contribution is -2.59. The molecule has 1 saturated carbocycles. The molecule has 22 heavy (non-hydrogen) atoms. The Hall–Kier alpha value is -1.47. The van der Waals surface area contributed by atoms with Crippen molar-refractivity contribution in [1.82, 2.24) is 15.1 Å². The van der Waals surface area contributed by atoms with Gasteiger partial charge in [-0.2, -0.15) is 11.3 Å². The summed E-state index contributed by atoms with van der Waals surface area (Å²) in [4.78, 5) is 14.4. The van der Waals surface area contributed by atoms with Gasteiger partial charge in [-0.1, -0.05) is 30.6 Å². The molecular weight excluding hydrogens is 316 g/mol. The number of aromatic nitrogens is 2. The summed E-state index contributed by atoms with van der Waals surface area (Å²) >= 11 is 3.06. The second-order valence-electron chi connectivity index (χ2n) is 5.97. The molecule has 2 aliphatic rings. The maximum absolute atomic E-state index is 12.4. The molecule has 1 aliphatic heterocycles. The number of carbonyl (C=O) groups is 1. The molecule has 4 rings (SSSR count). The zero-order valence-electron chi connectivity index (χ0n) is 12.2. The minimum atomic E-state index is -0.0174. The van der Waals surface area contributed by atoms with E-state index in [0.717, 1.165) is 23.5 Å². The lowest BCUT2D eigenvalue weighted by molar-refractivity contribution is 0.0519. The van der Waals surface area contributed by atoms with Crippen molar-refractivity contribution < 1.29 is 4.79 Å². The topological polar surface area (TPSA) is 58.1 Å². The van der Waals surface area contributed by atoms with E-state index < -0.39 is 0 Å². The second-order valence-corrected chi connectivity index (χ2v) is 7.73. The van der Waals surface area contributed by atoms with Gasteiger partial charge in [0.05, 0.1) is 0 Å². The molecule has 2 amide bonds. The maximum Gasteiger partial charge on any atom is 0.323 e. The number of thiophene rings is 1. The average molecular weight is 334 g/mol. The third kappa shape index (κ3) is 2.63. The van der Waals surface area contributed by atoms with Gasteiger partial charge in [0.1, 0.15) is 5.01 Å². The maximum atomic E-state index is 12.4. The van der Waals surface area contributed by atoms with E-state index in [2.05, 4.69) is 15.5 Å². The molecule has 2 aromatic rings. The molecule has 116 valence electrons. The monoisotopic (exact) mass is 334 g/mol. The van der Waals surface area contributed by atoms with Crippen LogP contribution in [0.5, 0.6) is 0 Å². The van der Waals surface area contributed by atoms with Crippen molar-refractivity contribution in [1.29, 1.82) is 0 Å². The van der Waals surface area contributed by atoms with Gasteiger partial charge in [-0.25, -0.2) is 4.79 Å². The van der Waals surface area contributed by atoms with E-state index in [1.54, 1.807) is 11.3 Å². The van der Waals surface area contributed by atoms with Gasteiger partial charge >= 0.3 is 6.03 Å². The number of hydrogen-bond acceptors (Lipinski definition) is 5. The third-order valence-corrected chi connectivity index (χ3v) is 6.19. The fourth-order valence-corrected chi connectivity index (χ4v) is 4.86. The Morgan fingerprint density at radius 2 is 2.18 bits per heavy atom. The van der Waals surface area contributed by atoms with Crippen LogP contribution in [0.1, 0.15) is 32.1 Å². The molecular formula is C15H18N4OS2. The second kappa shape index (κ2) is 5.96. The predicted octanol–water partition coefficient (Wildman–Crippen LogP) is 4.06. The molecule has 0 spiro atoms. The number of anilines is 1. The summed E-state index contributed by atoms with van der Waals surface area (Å²) in [5.74, 6) is 0.712. The Labute approximate surface area is 137 Å². The van der Waals surface area contributed by atoms with Crippen LogP contribution in [0.25, 0.3) is 10.6 Å². The van der Waals surface area contributed by atoms with Gasteiger partial charge in [0.15, 0.2) is 0 Å². The van der Waals surface area contributed by atoms with Crippen molar-refractivity contribution in [2.45, 2.75) is 38.1 Å². The van der Waals surface area contributed by atoms with Crippen molar-refractivity contribution in [2.75, 3.05) is 11.9 Å². The highest BCUT2D eigenvalue weighted by atomic mass is 32.1. The number of amides is 2. The number of nitrogens with one attached hydrogen (secondary N) is 1. The van der Waals surface area contributed by atoms with Gasteiger partial charge < -0.3 is 4.90 Å². The smallest absolute Gasteiger partial charge is 0.321 e. The minimum Gasteiger partial charge on any atom is -0.321 e. The van der Waals surface area contributed by atoms with Gasteiger partial charge in [0.2, 0.25) is 5.13 Å². The quantitative estimate of drug-likeness (QED) is 0.901. The standard InChI is InChI=1S/C15H18N4OS2/c20-15(19-8-10-4-2-1-3-5-12(10)19)16-14-18-17-13(22-14)11-6-7-21-9-11/h6-7,9-10,12H,1-5,8H2,(H,16,18,20). The highest BCUT2D eigenvalue weighted by Gasteiger charge is 2.41. The van der Waals surface area contributed by atoms with Crippen molar-refractivity contribution in [3.8, 4) is 10.6 Å². The van der Waals surface area contributed by atoms with E-state index in [9.17, 15) is 4.79 Å². The van der Waals surface area contributed by atoms with Crippen LogP contribution >= 0.6 is 22.7 Å². The van der Waals surface area contributed by atoms with Crippen LogP contribution in [0.4, 0.5) is 9.93 Å². The van der Waals surface area contributed by atoms with Gasteiger partial charge in [-0.15, -0.1) is 10.2 Å². The number of urea groups is 1. The van der Waals surface area contributed by atoms with Crippen LogP contribution in [0.2, 0.25) is 0 Å². The van der Waals surface area contributed by atoms with Gasteiger partial charge in [0, 0.05) is 23.5 Å². The van der Waals surface area contributed by atoms with Crippen molar-refractivity contribution in [2.24, 2.45) is 5.92 Å². The van der Waals surface area contributed by atoms with Crippen LogP contribution in [0.3, 0.4) is 0 Å². The SMILES string of the molecule is O=C(Nc1nnc(-c2ccsc2)s1)N1CC2CCCCCC21. The molecule has 1 saturated heterocycles. The lowest BCUT2D eigenvalue weighted by atomic mass is 9.85. The van der Waals surface area contributed by atoms with E-state index >= 15 is 0 Å². The molecule has 0 radical (unpaired) electrons. The number of likely N-dealkylation sites (tertiary alicyclic amines) is 1. The van der Waals surface area contributed by atoms with Crippen LogP contribution in [-0.2, 0) is 0 Å². The third-order valence-electron chi connectivity index (χ3n) is 4.62. The average Bonchev–Trinajstić information content (AvgIpc) is 3.12. The Morgan fingerprint density at radius 3 is 3.05 bits per heavy atom. The molecule has 1 aliphatic carbocycles. The van der Waals surface area contributed by atoms with E-state index in [4.69, 9.17) is 0 Å². The number of fused-ring (bicyclic) bond motifs is 1. The van der Waals surface area contributed by atoms with E-state index in [1.807, 2.05) is 21.7 Å². The Morgan fingerprint density at radius 1 is 1.27 bits per heavy atom. The summed E-state index contributed by atoms with van der Waals surface area (Å²) in [6, 6.07) is 2.44. The first kappa shape index (κ1) is 14.1. The van der Waals surface area contributed by atoms with Gasteiger partial charge in [0.25, 0.3) is 0 Å². The minimum absolute atomic E-state index is 0.0174. The summed E-state index contributed by atoms with van der Waals surface area (Å²) in [7, 11) is 0. The first-order chi connectivity index (χ1) is 10.8. The van der Waals surface area contributed by atoms with Crippen LogP contribution in [0, 0.1) is 5.92 Å². The first-order valence-electron chi connectivity index (χ1n) is 7.75. The van der Waals surface area contributed by atoms with E-state index in [0.29, 0.717) is 17.1 Å². The molecule has 5 nitrogen and oxygen atoms in total. The number of nitrogens with zero attached hydrogens (tertiary/aromatic N) is 3. The van der Waals surface area contributed by atoms with E-state index in [-0.39, 0.29) is 6.03 Å².